The zero-order valence-electron chi connectivity index (χ0n) is 9.43. The van der Waals surface area contributed by atoms with Gasteiger partial charge in [0, 0.05) is 6.54 Å². The maximum Gasteiger partial charge on any atom is 0.240 e. The fraction of sp³-hybridized carbons (Fsp3) is 0.917. The minimum atomic E-state index is -0.554. The van der Waals surface area contributed by atoms with Crippen LogP contribution in [0.25, 0.3) is 0 Å². The molecule has 0 aromatic carbocycles. The van der Waals surface area contributed by atoms with Crippen molar-refractivity contribution >= 4 is 5.91 Å². The predicted molar refractivity (Wildman–Crippen MR) is 60.4 cm³/mol. The van der Waals surface area contributed by atoms with Crippen molar-refractivity contribution in [2.45, 2.75) is 56.9 Å². The van der Waals surface area contributed by atoms with Gasteiger partial charge >= 0.3 is 0 Å². The molecule has 0 aromatic rings. The summed E-state index contributed by atoms with van der Waals surface area (Å²) in [4.78, 5) is 11.9. The highest BCUT2D eigenvalue weighted by atomic mass is 16.2. The number of carbonyl (C=O) groups excluding carboxylic acids is 1. The van der Waals surface area contributed by atoms with Crippen LogP contribution in [-0.2, 0) is 4.79 Å². The summed E-state index contributed by atoms with van der Waals surface area (Å²) in [5.41, 5.74) is 5.58. The van der Waals surface area contributed by atoms with Gasteiger partial charge in [0.15, 0.2) is 0 Å². The van der Waals surface area contributed by atoms with Crippen LogP contribution in [-0.4, -0.2) is 18.0 Å². The summed E-state index contributed by atoms with van der Waals surface area (Å²) in [7, 11) is 0. The third-order valence-electron chi connectivity index (χ3n) is 3.97. The molecule has 0 spiro atoms. The smallest absolute Gasteiger partial charge is 0.240 e. The molecule has 0 aliphatic heterocycles. The van der Waals surface area contributed by atoms with E-state index in [1.54, 1.807) is 0 Å². The second kappa shape index (κ2) is 4.52. The van der Waals surface area contributed by atoms with Crippen molar-refractivity contribution in [3.63, 3.8) is 0 Å². The van der Waals surface area contributed by atoms with E-state index in [-0.39, 0.29) is 5.91 Å². The summed E-state index contributed by atoms with van der Waals surface area (Å²) < 4.78 is 0. The highest BCUT2D eigenvalue weighted by Crippen LogP contribution is 2.27. The van der Waals surface area contributed by atoms with E-state index >= 15 is 0 Å². The van der Waals surface area contributed by atoms with E-state index in [0.717, 1.165) is 38.1 Å². The fourth-order valence-corrected chi connectivity index (χ4v) is 2.52. The number of amides is 1. The number of nitrogens with two attached hydrogens (primary N) is 1. The second-order valence-corrected chi connectivity index (χ2v) is 5.22. The van der Waals surface area contributed by atoms with E-state index in [4.69, 9.17) is 5.73 Å². The van der Waals surface area contributed by atoms with Crippen molar-refractivity contribution in [3.8, 4) is 0 Å². The molecule has 1 amide bonds. The predicted octanol–water partition coefficient (Wildman–Crippen LogP) is 1.56. The Morgan fingerprint density at radius 3 is 2.40 bits per heavy atom. The largest absolute Gasteiger partial charge is 0.354 e. The van der Waals surface area contributed by atoms with Crippen molar-refractivity contribution in [2.75, 3.05) is 6.54 Å². The van der Waals surface area contributed by atoms with Crippen LogP contribution in [0.3, 0.4) is 0 Å². The van der Waals surface area contributed by atoms with Crippen molar-refractivity contribution in [2.24, 2.45) is 11.7 Å². The Morgan fingerprint density at radius 1 is 1.20 bits per heavy atom. The molecule has 3 N–H and O–H groups in total. The van der Waals surface area contributed by atoms with Crippen molar-refractivity contribution in [3.05, 3.63) is 0 Å². The third kappa shape index (κ3) is 2.51. The minimum absolute atomic E-state index is 0.0918. The first-order valence-electron chi connectivity index (χ1n) is 6.28. The van der Waals surface area contributed by atoms with Crippen LogP contribution < -0.4 is 11.1 Å². The molecule has 0 unspecified atom stereocenters. The van der Waals surface area contributed by atoms with Gasteiger partial charge in [-0.2, -0.15) is 0 Å². The fourth-order valence-electron chi connectivity index (χ4n) is 2.52. The van der Waals surface area contributed by atoms with Gasteiger partial charge in [-0.1, -0.05) is 25.7 Å². The molecule has 2 rings (SSSR count). The molecule has 0 bridgehead atoms. The average Bonchev–Trinajstić information content (AvgIpc) is 2.16. The summed E-state index contributed by atoms with van der Waals surface area (Å²) in [6.07, 6.45) is 9.05. The lowest BCUT2D eigenvalue weighted by Crippen LogP contribution is -2.55. The monoisotopic (exact) mass is 210 g/mol. The Hall–Kier alpha value is -0.570. The topological polar surface area (TPSA) is 55.1 Å². The molecule has 0 aromatic heterocycles. The van der Waals surface area contributed by atoms with Crippen molar-refractivity contribution < 1.29 is 4.79 Å². The van der Waals surface area contributed by atoms with Crippen LogP contribution >= 0.6 is 0 Å². The van der Waals surface area contributed by atoms with Gasteiger partial charge in [-0.05, 0) is 31.6 Å². The SMILES string of the molecule is NC1(C(=O)NCC2CCC2)CCCCC1. The number of hydrogen-bond donors (Lipinski definition) is 2. The van der Waals surface area contributed by atoms with E-state index in [1.165, 1.54) is 25.7 Å². The summed E-state index contributed by atoms with van der Waals surface area (Å²) >= 11 is 0. The molecule has 0 heterocycles. The maximum atomic E-state index is 11.9. The number of carbonyl (C=O) groups is 1. The number of hydrogen-bond acceptors (Lipinski definition) is 2. The van der Waals surface area contributed by atoms with E-state index < -0.39 is 5.54 Å². The minimum Gasteiger partial charge on any atom is -0.354 e. The van der Waals surface area contributed by atoms with Gasteiger partial charge in [0.2, 0.25) is 5.91 Å². The molecule has 2 aliphatic carbocycles. The first kappa shape index (κ1) is 10.9. The standard InChI is InChI=1S/C12H22N2O/c13-12(7-2-1-3-8-12)11(15)14-9-10-5-4-6-10/h10H,1-9,13H2,(H,14,15). The van der Waals surface area contributed by atoms with E-state index in [0.29, 0.717) is 0 Å². The lowest BCUT2D eigenvalue weighted by Gasteiger charge is -2.33. The molecule has 2 aliphatic rings. The molecular weight excluding hydrogens is 188 g/mol. The van der Waals surface area contributed by atoms with E-state index in [2.05, 4.69) is 5.32 Å². The summed E-state index contributed by atoms with van der Waals surface area (Å²) in [5.74, 6) is 0.815. The molecule has 3 nitrogen and oxygen atoms in total. The Bertz CT molecular complexity index is 230. The van der Waals surface area contributed by atoms with Gasteiger partial charge in [-0.3, -0.25) is 4.79 Å². The number of nitrogens with one attached hydrogen (secondary N) is 1. The van der Waals surface area contributed by atoms with E-state index in [9.17, 15) is 4.79 Å². The molecule has 0 radical (unpaired) electrons. The van der Waals surface area contributed by atoms with Gasteiger partial charge in [-0.15, -0.1) is 0 Å². The molecular formula is C12H22N2O. The molecule has 86 valence electrons. The lowest BCUT2D eigenvalue weighted by molar-refractivity contribution is -0.127. The zero-order valence-corrected chi connectivity index (χ0v) is 9.43. The molecule has 15 heavy (non-hydrogen) atoms. The van der Waals surface area contributed by atoms with Crippen LogP contribution in [0.4, 0.5) is 0 Å². The van der Waals surface area contributed by atoms with E-state index in [1.807, 2.05) is 0 Å². The molecule has 3 heteroatoms. The van der Waals surface area contributed by atoms with Crippen LogP contribution in [0.5, 0.6) is 0 Å². The first-order chi connectivity index (χ1) is 7.21. The van der Waals surface area contributed by atoms with Crippen molar-refractivity contribution in [1.29, 1.82) is 0 Å². The van der Waals surface area contributed by atoms with Gasteiger partial charge in [-0.25, -0.2) is 0 Å². The maximum absolute atomic E-state index is 11.9. The zero-order chi connectivity index (χ0) is 10.7. The van der Waals surface area contributed by atoms with Gasteiger partial charge in [0.25, 0.3) is 0 Å². The molecule has 2 saturated carbocycles. The lowest BCUT2D eigenvalue weighted by atomic mass is 9.81. The Labute approximate surface area is 91.8 Å². The third-order valence-corrected chi connectivity index (χ3v) is 3.97. The summed E-state index contributed by atoms with van der Waals surface area (Å²) in [6.45, 7) is 0.845. The second-order valence-electron chi connectivity index (χ2n) is 5.22. The number of rotatable bonds is 3. The Morgan fingerprint density at radius 2 is 1.87 bits per heavy atom. The Balaban J connectivity index is 1.77. The quantitative estimate of drug-likeness (QED) is 0.743. The van der Waals surface area contributed by atoms with Gasteiger partial charge in [0.1, 0.15) is 0 Å². The van der Waals surface area contributed by atoms with Crippen LogP contribution in [0.2, 0.25) is 0 Å². The van der Waals surface area contributed by atoms with Gasteiger partial charge in [0.05, 0.1) is 5.54 Å². The van der Waals surface area contributed by atoms with Crippen LogP contribution in [0.1, 0.15) is 51.4 Å². The average molecular weight is 210 g/mol. The highest BCUT2D eigenvalue weighted by Gasteiger charge is 2.35. The normalized spacial score (nSPS) is 25.7. The van der Waals surface area contributed by atoms with Gasteiger partial charge < -0.3 is 11.1 Å². The molecule has 2 fully saturated rings. The Kier molecular flexibility index (Phi) is 3.29. The first-order valence-corrected chi connectivity index (χ1v) is 6.28. The van der Waals surface area contributed by atoms with Crippen LogP contribution in [0, 0.1) is 5.92 Å². The molecule has 0 saturated heterocycles. The highest BCUT2D eigenvalue weighted by molar-refractivity contribution is 5.86. The summed E-state index contributed by atoms with van der Waals surface area (Å²) in [6, 6.07) is 0. The summed E-state index contributed by atoms with van der Waals surface area (Å²) in [5, 5.41) is 3.03. The van der Waals surface area contributed by atoms with Crippen molar-refractivity contribution in [1.82, 2.24) is 5.32 Å². The molecule has 0 atom stereocenters. The van der Waals surface area contributed by atoms with Crippen LogP contribution in [0.15, 0.2) is 0 Å².